The Morgan fingerprint density at radius 2 is 1.66 bits per heavy atom. The van der Waals surface area contributed by atoms with Gasteiger partial charge in [-0.2, -0.15) is 0 Å². The number of imidazole rings is 1. The van der Waals surface area contributed by atoms with E-state index in [0.29, 0.717) is 75.7 Å². The van der Waals surface area contributed by atoms with E-state index in [-0.39, 0.29) is 23.5 Å². The lowest BCUT2D eigenvalue weighted by Crippen LogP contribution is -2.46. The quantitative estimate of drug-likeness (QED) is 0.135. The van der Waals surface area contributed by atoms with E-state index in [4.69, 9.17) is 14.5 Å². The van der Waals surface area contributed by atoms with Crippen molar-refractivity contribution in [2.75, 3.05) is 84.6 Å². The summed E-state index contributed by atoms with van der Waals surface area (Å²) in [6.07, 6.45) is 7.48. The standard InChI is InChI=1S/C46H55N11O5/c1-4-33-26-40-41(52-44(33)58)25-32(27-48-40)29-54-18-20-55(21-19-54)35-9-10-38(49-28-35)45(59)47-15-23-61-36-13-16-56(17-14-36)46(60)39-12-11-37-43(51-39)57(31-50-37)30-34-7-5-6-8-42(34)62-24-22-53(2)3/h5-12,25-28,31,36H,4,13-24,29-30H2,1-3H3,(H,47,59)(H,52,58). The van der Waals surface area contributed by atoms with Crippen LogP contribution < -0.4 is 20.5 Å². The third-order valence-electron chi connectivity index (χ3n) is 11.6. The molecular weight excluding hydrogens is 787 g/mol. The number of rotatable bonds is 16. The fraction of sp³-hybridized carbons (Fsp3) is 0.413. The molecular formula is C46H55N11O5. The Morgan fingerprint density at radius 3 is 2.44 bits per heavy atom. The molecule has 2 aliphatic heterocycles. The van der Waals surface area contributed by atoms with E-state index in [1.54, 1.807) is 24.7 Å². The van der Waals surface area contributed by atoms with Gasteiger partial charge >= 0.3 is 0 Å². The van der Waals surface area contributed by atoms with Crippen LogP contribution in [0.3, 0.4) is 0 Å². The highest BCUT2D eigenvalue weighted by Crippen LogP contribution is 2.23. The molecule has 7 heterocycles. The summed E-state index contributed by atoms with van der Waals surface area (Å²) < 4.78 is 14.1. The summed E-state index contributed by atoms with van der Waals surface area (Å²) in [5.41, 5.74) is 7.44. The second-order valence-corrected chi connectivity index (χ2v) is 16.2. The molecule has 0 bridgehead atoms. The van der Waals surface area contributed by atoms with Crippen molar-refractivity contribution in [3.8, 4) is 5.75 Å². The van der Waals surface area contributed by atoms with Gasteiger partial charge in [0.05, 0.1) is 48.5 Å². The number of nitrogens with zero attached hydrogens (tertiary/aromatic N) is 9. The van der Waals surface area contributed by atoms with Crippen LogP contribution in [0.25, 0.3) is 22.2 Å². The van der Waals surface area contributed by atoms with Crippen LogP contribution in [0.1, 0.15) is 57.4 Å². The molecule has 0 atom stereocenters. The summed E-state index contributed by atoms with van der Waals surface area (Å²) in [4.78, 5) is 68.7. The SMILES string of the molecule is CCc1cc2ncc(CN3CCN(c4ccc(C(=O)NCCOC5CCN(C(=O)c6ccc7ncn(Cc8ccccc8OCCN(C)C)c7n6)CC5)nc4)CC3)cc2[nH]c1=O. The maximum absolute atomic E-state index is 13.6. The van der Waals surface area contributed by atoms with E-state index < -0.39 is 0 Å². The van der Waals surface area contributed by atoms with Crippen LogP contribution in [0.5, 0.6) is 5.75 Å². The molecule has 6 aromatic rings. The molecule has 16 heteroatoms. The Hall–Kier alpha value is -6.23. The molecule has 2 aliphatic rings. The topological polar surface area (TPSA) is 167 Å². The van der Waals surface area contributed by atoms with E-state index in [0.717, 1.165) is 83.9 Å². The molecule has 16 nitrogen and oxygen atoms in total. The summed E-state index contributed by atoms with van der Waals surface area (Å²) >= 11 is 0. The zero-order valence-corrected chi connectivity index (χ0v) is 35.8. The maximum atomic E-state index is 13.6. The van der Waals surface area contributed by atoms with Gasteiger partial charge in [0, 0.05) is 76.2 Å². The minimum absolute atomic E-state index is 0.00503. The molecule has 1 aromatic carbocycles. The lowest BCUT2D eigenvalue weighted by atomic mass is 10.1. The number of carbonyl (C=O) groups excluding carboxylic acids is 2. The predicted molar refractivity (Wildman–Crippen MR) is 238 cm³/mol. The second kappa shape index (κ2) is 19.6. The highest BCUT2D eigenvalue weighted by atomic mass is 16.5. The lowest BCUT2D eigenvalue weighted by molar-refractivity contribution is 0.00992. The first-order valence-corrected chi connectivity index (χ1v) is 21.5. The van der Waals surface area contributed by atoms with Gasteiger partial charge in [0.25, 0.3) is 17.4 Å². The maximum Gasteiger partial charge on any atom is 0.272 e. The average Bonchev–Trinajstić information content (AvgIpc) is 3.69. The number of hydrogen-bond acceptors (Lipinski definition) is 12. The van der Waals surface area contributed by atoms with Crippen molar-refractivity contribution in [1.29, 1.82) is 0 Å². The number of piperidine rings is 1. The van der Waals surface area contributed by atoms with Crippen molar-refractivity contribution in [2.45, 2.75) is 45.4 Å². The van der Waals surface area contributed by atoms with Gasteiger partial charge in [0.15, 0.2) is 5.65 Å². The third-order valence-corrected chi connectivity index (χ3v) is 11.6. The molecule has 2 N–H and O–H groups in total. The number of benzene rings is 1. The Bertz CT molecular complexity index is 2540. The number of amides is 2. The van der Waals surface area contributed by atoms with E-state index in [9.17, 15) is 14.4 Å². The van der Waals surface area contributed by atoms with Gasteiger partial charge in [-0.1, -0.05) is 25.1 Å². The number of anilines is 1. The summed E-state index contributed by atoms with van der Waals surface area (Å²) in [7, 11) is 4.03. The van der Waals surface area contributed by atoms with Gasteiger partial charge in [-0.15, -0.1) is 0 Å². The van der Waals surface area contributed by atoms with Crippen molar-refractivity contribution in [3.05, 3.63) is 118 Å². The Morgan fingerprint density at radius 1 is 0.855 bits per heavy atom. The molecule has 2 saturated heterocycles. The fourth-order valence-electron chi connectivity index (χ4n) is 7.99. The van der Waals surface area contributed by atoms with Gasteiger partial charge in [0.2, 0.25) is 0 Å². The molecule has 0 unspecified atom stereocenters. The van der Waals surface area contributed by atoms with E-state index in [1.807, 2.05) is 85.2 Å². The number of aryl methyl sites for hydroxylation is 1. The van der Waals surface area contributed by atoms with Gasteiger partial charge in [-0.3, -0.25) is 24.3 Å². The summed E-state index contributed by atoms with van der Waals surface area (Å²) in [5.74, 6) is 0.462. The minimum Gasteiger partial charge on any atom is -0.492 e. The number of likely N-dealkylation sites (tertiary alicyclic amines) is 1. The van der Waals surface area contributed by atoms with E-state index in [2.05, 4.69) is 40.0 Å². The monoisotopic (exact) mass is 841 g/mol. The number of aromatic nitrogens is 6. The summed E-state index contributed by atoms with van der Waals surface area (Å²) in [5, 5.41) is 2.92. The zero-order chi connectivity index (χ0) is 43.0. The lowest BCUT2D eigenvalue weighted by Gasteiger charge is -2.36. The van der Waals surface area contributed by atoms with Crippen molar-refractivity contribution in [3.63, 3.8) is 0 Å². The smallest absolute Gasteiger partial charge is 0.272 e. The summed E-state index contributed by atoms with van der Waals surface area (Å²) in [6, 6.07) is 19.2. The minimum atomic E-state index is -0.245. The van der Waals surface area contributed by atoms with E-state index in [1.165, 1.54) is 0 Å². The van der Waals surface area contributed by atoms with Crippen LogP contribution >= 0.6 is 0 Å². The highest BCUT2D eigenvalue weighted by Gasteiger charge is 2.26. The Balaban J connectivity index is 0.745. The highest BCUT2D eigenvalue weighted by molar-refractivity contribution is 5.94. The number of piperazine rings is 1. The number of pyridine rings is 4. The third kappa shape index (κ3) is 10.3. The number of aromatic amines is 1. The zero-order valence-electron chi connectivity index (χ0n) is 35.8. The predicted octanol–water partition coefficient (Wildman–Crippen LogP) is 3.99. The van der Waals surface area contributed by atoms with E-state index >= 15 is 0 Å². The molecule has 0 saturated carbocycles. The normalized spacial score (nSPS) is 15.2. The average molecular weight is 842 g/mol. The van der Waals surface area contributed by atoms with Crippen LogP contribution in [0.15, 0.2) is 84.2 Å². The first kappa shape index (κ1) is 42.5. The second-order valence-electron chi connectivity index (χ2n) is 16.2. The molecule has 2 amide bonds. The van der Waals surface area contributed by atoms with Crippen LogP contribution in [0.4, 0.5) is 5.69 Å². The number of likely N-dealkylation sites (N-methyl/N-ethyl adjacent to an activating group) is 1. The molecule has 5 aromatic heterocycles. The van der Waals surface area contributed by atoms with Gasteiger partial charge in [-0.25, -0.2) is 15.0 Å². The number of hydrogen-bond donors (Lipinski definition) is 2. The van der Waals surface area contributed by atoms with Crippen molar-refractivity contribution >= 4 is 39.7 Å². The Labute approximate surface area is 360 Å². The number of fused-ring (bicyclic) bond motifs is 2. The molecule has 324 valence electrons. The molecule has 8 rings (SSSR count). The number of ether oxygens (including phenoxy) is 2. The first-order valence-electron chi connectivity index (χ1n) is 21.5. The molecule has 2 fully saturated rings. The largest absolute Gasteiger partial charge is 0.492 e. The van der Waals surface area contributed by atoms with Gasteiger partial charge in [-0.05, 0) is 81.4 Å². The molecule has 0 aliphatic carbocycles. The van der Waals surface area contributed by atoms with Crippen LogP contribution in [0, 0.1) is 0 Å². The Kier molecular flexibility index (Phi) is 13.5. The van der Waals surface area contributed by atoms with Gasteiger partial charge < -0.3 is 39.0 Å². The molecule has 0 radical (unpaired) electrons. The van der Waals surface area contributed by atoms with Gasteiger partial charge in [0.1, 0.15) is 29.3 Å². The van der Waals surface area contributed by atoms with Crippen LogP contribution in [-0.2, 0) is 24.2 Å². The number of para-hydroxylation sites is 1. The number of carbonyl (C=O) groups is 2. The molecule has 62 heavy (non-hydrogen) atoms. The fourth-order valence-corrected chi connectivity index (χ4v) is 7.99. The van der Waals surface area contributed by atoms with Crippen molar-refractivity contribution in [2.24, 2.45) is 0 Å². The van der Waals surface area contributed by atoms with Crippen molar-refractivity contribution < 1.29 is 19.1 Å². The van der Waals surface area contributed by atoms with Crippen LogP contribution in [0.2, 0.25) is 0 Å². The number of nitrogens with one attached hydrogen (secondary N) is 2. The number of H-pyrrole nitrogens is 1. The van der Waals surface area contributed by atoms with Crippen LogP contribution in [-0.4, -0.2) is 142 Å². The summed E-state index contributed by atoms with van der Waals surface area (Å²) in [6.45, 7) is 9.87. The molecule has 0 spiro atoms. The van der Waals surface area contributed by atoms with Crippen molar-refractivity contribution in [1.82, 2.24) is 49.5 Å². The first-order chi connectivity index (χ1) is 30.2.